The first-order valence-electron chi connectivity index (χ1n) is 37.8. The van der Waals surface area contributed by atoms with Crippen LogP contribution in [0.2, 0.25) is 0 Å². The van der Waals surface area contributed by atoms with Crippen LogP contribution in [0.25, 0.3) is 0 Å². The minimum absolute atomic E-state index is 0.0741. The number of aliphatic hydroxyl groups is 1. The number of unbranched alkanes of at least 4 members (excludes halogenated alkanes) is 24. The molecule has 562 valence electrons. The third-order valence-electron chi connectivity index (χ3n) is 15.4. The largest absolute Gasteiger partial charge is 0.472 e. The van der Waals surface area contributed by atoms with Gasteiger partial charge in [-0.15, -0.1) is 0 Å². The third kappa shape index (κ3) is 69.9. The SMILES string of the molecule is CC/C=C\C/C=C\C/C=C\C/C=C\CCCCCCC(=O)OCC(COP(=O)(O)OCC(O)COP(=O)(O)OCC(COC(=O)CCCCCCCCC/C=C\C/C=C\C/C=C\CC)OC(=O)CCCCCCC/C=C\C/C=C\CCC)OC(=O)CCCCCCC/C=C\CCCC. The molecule has 0 amide bonds. The van der Waals surface area contributed by atoms with Crippen LogP contribution in [0, 0.1) is 0 Å². The second-order valence-corrected chi connectivity index (χ2v) is 27.7. The highest BCUT2D eigenvalue weighted by Gasteiger charge is 2.30. The summed E-state index contributed by atoms with van der Waals surface area (Å²) in [6.45, 7) is 4.48. The Balaban J connectivity index is 5.34. The Morgan fingerprint density at radius 1 is 0.296 bits per heavy atom. The van der Waals surface area contributed by atoms with Crippen molar-refractivity contribution < 1.29 is 80.2 Å². The highest BCUT2D eigenvalue weighted by molar-refractivity contribution is 7.47. The fourth-order valence-electron chi connectivity index (χ4n) is 9.66. The summed E-state index contributed by atoms with van der Waals surface area (Å²) in [6, 6.07) is 0. The van der Waals surface area contributed by atoms with Crippen LogP contribution in [0.1, 0.15) is 297 Å². The molecule has 0 aromatic heterocycles. The van der Waals surface area contributed by atoms with Crippen LogP contribution in [0.15, 0.2) is 122 Å². The van der Waals surface area contributed by atoms with E-state index in [1.807, 2.05) is 0 Å². The normalized spacial score (nSPS) is 14.6. The maximum absolute atomic E-state index is 13.1. The van der Waals surface area contributed by atoms with Crippen molar-refractivity contribution >= 4 is 39.5 Å². The zero-order valence-corrected chi connectivity index (χ0v) is 63.0. The van der Waals surface area contributed by atoms with Crippen molar-refractivity contribution in [3.8, 4) is 0 Å². The second-order valence-electron chi connectivity index (χ2n) is 24.8. The summed E-state index contributed by atoms with van der Waals surface area (Å²) in [5, 5.41) is 10.6. The Morgan fingerprint density at radius 3 is 0.867 bits per heavy atom. The molecule has 3 N–H and O–H groups in total. The van der Waals surface area contributed by atoms with Gasteiger partial charge in [-0.2, -0.15) is 0 Å². The molecule has 0 radical (unpaired) electrons. The summed E-state index contributed by atoms with van der Waals surface area (Å²) in [5.74, 6) is -2.24. The molecular formula is C79H134O17P2. The van der Waals surface area contributed by atoms with Gasteiger partial charge in [0.15, 0.2) is 12.2 Å². The van der Waals surface area contributed by atoms with Crippen molar-refractivity contribution in [2.24, 2.45) is 0 Å². The van der Waals surface area contributed by atoms with Crippen molar-refractivity contribution in [1.82, 2.24) is 0 Å². The number of hydrogen-bond acceptors (Lipinski definition) is 15. The maximum atomic E-state index is 13.1. The van der Waals surface area contributed by atoms with Crippen molar-refractivity contribution in [3.63, 3.8) is 0 Å². The van der Waals surface area contributed by atoms with E-state index in [0.717, 1.165) is 205 Å². The fourth-order valence-corrected chi connectivity index (χ4v) is 11.2. The average Bonchev–Trinajstić information content (AvgIpc) is 0.985. The molecule has 0 aliphatic carbocycles. The summed E-state index contributed by atoms with van der Waals surface area (Å²) >= 11 is 0. The molecule has 0 aliphatic heterocycles. The molecule has 0 spiro atoms. The lowest BCUT2D eigenvalue weighted by Gasteiger charge is -2.21. The molecule has 17 nitrogen and oxygen atoms in total. The predicted molar refractivity (Wildman–Crippen MR) is 399 cm³/mol. The number of phosphoric acid groups is 2. The lowest BCUT2D eigenvalue weighted by molar-refractivity contribution is -0.161. The topological polar surface area (TPSA) is 237 Å². The molecular weight excluding hydrogens is 1280 g/mol. The number of aliphatic hydroxyl groups excluding tert-OH is 1. The van der Waals surface area contributed by atoms with Gasteiger partial charge in [-0.1, -0.05) is 252 Å². The van der Waals surface area contributed by atoms with E-state index < -0.39 is 97.5 Å². The van der Waals surface area contributed by atoms with Crippen LogP contribution >= 0.6 is 15.6 Å². The van der Waals surface area contributed by atoms with Gasteiger partial charge < -0.3 is 33.8 Å². The Morgan fingerprint density at radius 2 is 0.551 bits per heavy atom. The molecule has 0 rings (SSSR count). The van der Waals surface area contributed by atoms with Gasteiger partial charge in [0.1, 0.15) is 19.3 Å². The van der Waals surface area contributed by atoms with E-state index in [1.54, 1.807) is 0 Å². The van der Waals surface area contributed by atoms with Crippen LogP contribution in [0.3, 0.4) is 0 Å². The van der Waals surface area contributed by atoms with E-state index in [9.17, 15) is 43.2 Å². The molecule has 0 heterocycles. The summed E-state index contributed by atoms with van der Waals surface area (Å²) in [5.41, 5.74) is 0. The maximum Gasteiger partial charge on any atom is 0.472 e. The van der Waals surface area contributed by atoms with Crippen molar-refractivity contribution in [2.75, 3.05) is 39.6 Å². The molecule has 5 unspecified atom stereocenters. The van der Waals surface area contributed by atoms with Crippen LogP contribution in [0.5, 0.6) is 0 Å². The monoisotopic (exact) mass is 1420 g/mol. The van der Waals surface area contributed by atoms with E-state index >= 15 is 0 Å². The van der Waals surface area contributed by atoms with E-state index in [1.165, 1.54) is 12.8 Å². The van der Waals surface area contributed by atoms with Crippen LogP contribution < -0.4 is 0 Å². The number of phosphoric ester groups is 2. The zero-order valence-electron chi connectivity index (χ0n) is 61.2. The highest BCUT2D eigenvalue weighted by atomic mass is 31.2. The minimum Gasteiger partial charge on any atom is -0.462 e. The van der Waals surface area contributed by atoms with Crippen LogP contribution in [0.4, 0.5) is 0 Å². The molecule has 0 fully saturated rings. The molecule has 5 atom stereocenters. The zero-order chi connectivity index (χ0) is 71.8. The summed E-state index contributed by atoms with van der Waals surface area (Å²) in [4.78, 5) is 72.8. The van der Waals surface area contributed by atoms with Gasteiger partial charge in [0.2, 0.25) is 0 Å². The number of hydrogen-bond donors (Lipinski definition) is 3. The quantitative estimate of drug-likeness (QED) is 0.0169. The van der Waals surface area contributed by atoms with E-state index in [-0.39, 0.29) is 25.7 Å². The van der Waals surface area contributed by atoms with Gasteiger partial charge in [0.25, 0.3) is 0 Å². The second kappa shape index (κ2) is 70.9. The Hall–Kier alpha value is -4.54. The smallest absolute Gasteiger partial charge is 0.462 e. The Bertz CT molecular complexity index is 2340. The molecule has 98 heavy (non-hydrogen) atoms. The van der Waals surface area contributed by atoms with E-state index in [0.29, 0.717) is 25.7 Å². The van der Waals surface area contributed by atoms with Crippen molar-refractivity contribution in [3.05, 3.63) is 122 Å². The molecule has 19 heteroatoms. The Labute approximate surface area is 593 Å². The van der Waals surface area contributed by atoms with Gasteiger partial charge in [0, 0.05) is 25.7 Å². The van der Waals surface area contributed by atoms with Gasteiger partial charge in [-0.3, -0.25) is 37.3 Å². The molecule has 0 saturated heterocycles. The summed E-state index contributed by atoms with van der Waals surface area (Å²) < 4.78 is 68.4. The number of allylic oxidation sites excluding steroid dienone is 20. The van der Waals surface area contributed by atoms with Crippen LogP contribution in [-0.4, -0.2) is 96.7 Å². The fraction of sp³-hybridized carbons (Fsp3) is 0.696. The summed E-state index contributed by atoms with van der Waals surface area (Å²) in [6.07, 6.45) is 76.2. The van der Waals surface area contributed by atoms with E-state index in [2.05, 4.69) is 149 Å². The first kappa shape index (κ1) is 93.5. The number of ether oxygens (including phenoxy) is 4. The number of carbonyl (C=O) groups excluding carboxylic acids is 4. The lowest BCUT2D eigenvalue weighted by atomic mass is 10.1. The molecule has 0 saturated carbocycles. The number of rotatable bonds is 70. The number of carbonyl (C=O) groups is 4. The predicted octanol–water partition coefficient (Wildman–Crippen LogP) is 21.6. The molecule has 0 aromatic carbocycles. The van der Waals surface area contributed by atoms with Crippen molar-refractivity contribution in [1.29, 1.82) is 0 Å². The first-order valence-corrected chi connectivity index (χ1v) is 40.8. The van der Waals surface area contributed by atoms with Crippen molar-refractivity contribution in [2.45, 2.75) is 316 Å². The van der Waals surface area contributed by atoms with Gasteiger partial charge in [-0.25, -0.2) is 9.13 Å². The Kier molecular flexibility index (Phi) is 67.6. The molecule has 0 aromatic rings. The molecule has 0 bridgehead atoms. The highest BCUT2D eigenvalue weighted by Crippen LogP contribution is 2.45. The third-order valence-corrected chi connectivity index (χ3v) is 17.3. The first-order chi connectivity index (χ1) is 47.7. The van der Waals surface area contributed by atoms with Crippen LogP contribution in [-0.2, 0) is 65.4 Å². The molecule has 0 aliphatic rings. The van der Waals surface area contributed by atoms with Gasteiger partial charge >= 0.3 is 39.5 Å². The number of esters is 4. The standard InChI is InChI=1S/C79H134O17P2/c1-5-9-13-17-21-25-29-32-34-36-38-41-44-47-51-55-59-63-76(81)89-69-74(95-78(83)65-61-57-53-49-43-28-24-20-16-12-8-4)71-93-97(85,86)91-67-73(80)68-92-98(87,88)94-72-75(96-79(84)66-62-58-54-50-46-40-31-27-23-19-15-11-7-3)70-90-77(82)64-60-56-52-48-45-42-39-37-35-33-30-26-22-18-14-10-6-2/h9-10,13-15,19-22,24-27,31-35,38,41,73-75,80H,5-8,11-12,16-18,23,28-30,36-37,39-40,42-72H2,1-4H3,(H,85,86)(H,87,88)/b13-9-,14-10-,19-15-,24-20-,25-21-,26-22-,31-27-,34-32-,35-33-,41-38-. The minimum atomic E-state index is -4.98. The average molecular weight is 1420 g/mol. The van der Waals surface area contributed by atoms with Gasteiger partial charge in [0.05, 0.1) is 26.4 Å². The lowest BCUT2D eigenvalue weighted by Crippen LogP contribution is -2.30. The summed E-state index contributed by atoms with van der Waals surface area (Å²) in [7, 11) is -9.96. The van der Waals surface area contributed by atoms with Gasteiger partial charge in [-0.05, 0) is 141 Å². The van der Waals surface area contributed by atoms with E-state index in [4.69, 9.17) is 37.0 Å².